The Bertz CT molecular complexity index is 134. The quantitative estimate of drug-likeness (QED) is 0.694. The van der Waals surface area contributed by atoms with Gasteiger partial charge in [0.05, 0.1) is 0 Å². The summed E-state index contributed by atoms with van der Waals surface area (Å²) < 4.78 is 0. The Morgan fingerprint density at radius 2 is 2.25 bits per heavy atom. The van der Waals surface area contributed by atoms with Crippen molar-refractivity contribution >= 4 is 0 Å². The predicted molar refractivity (Wildman–Crippen MR) is 53.1 cm³/mol. The standard InChI is InChI=1S/C10H22N2/c1-4-10-8(2)5-6-12(10)7-9(3)11/h8-10H,4-7,11H2,1-3H3/t8?,9-,10?/m1/s1. The molecule has 0 amide bonds. The molecule has 2 heteroatoms. The van der Waals surface area contributed by atoms with Gasteiger partial charge < -0.3 is 5.73 Å². The van der Waals surface area contributed by atoms with Gasteiger partial charge in [0.1, 0.15) is 0 Å². The van der Waals surface area contributed by atoms with Crippen molar-refractivity contribution in [1.29, 1.82) is 0 Å². The van der Waals surface area contributed by atoms with Crippen LogP contribution in [0.4, 0.5) is 0 Å². The number of hydrogen-bond acceptors (Lipinski definition) is 2. The molecule has 1 aliphatic rings. The van der Waals surface area contributed by atoms with Gasteiger partial charge in [0.2, 0.25) is 0 Å². The fourth-order valence-electron chi connectivity index (χ4n) is 2.34. The van der Waals surface area contributed by atoms with Gasteiger partial charge in [-0.15, -0.1) is 0 Å². The van der Waals surface area contributed by atoms with Crippen LogP contribution in [0.5, 0.6) is 0 Å². The Hall–Kier alpha value is -0.0800. The summed E-state index contributed by atoms with van der Waals surface area (Å²) in [6, 6.07) is 1.11. The van der Waals surface area contributed by atoms with Gasteiger partial charge in [0.15, 0.2) is 0 Å². The highest BCUT2D eigenvalue weighted by atomic mass is 15.2. The third-order valence-electron chi connectivity index (χ3n) is 2.94. The van der Waals surface area contributed by atoms with Crippen molar-refractivity contribution in [3.8, 4) is 0 Å². The molecule has 1 fully saturated rings. The lowest BCUT2D eigenvalue weighted by molar-refractivity contribution is 0.216. The lowest BCUT2D eigenvalue weighted by Gasteiger charge is -2.27. The minimum absolute atomic E-state index is 0.323. The van der Waals surface area contributed by atoms with Crippen LogP contribution in [0.1, 0.15) is 33.6 Å². The minimum atomic E-state index is 0.323. The van der Waals surface area contributed by atoms with Gasteiger partial charge in [-0.2, -0.15) is 0 Å². The first-order valence-electron chi connectivity index (χ1n) is 5.14. The summed E-state index contributed by atoms with van der Waals surface area (Å²) >= 11 is 0. The van der Waals surface area contributed by atoms with Gasteiger partial charge in [-0.25, -0.2) is 0 Å². The molecule has 2 unspecified atom stereocenters. The van der Waals surface area contributed by atoms with E-state index >= 15 is 0 Å². The molecular formula is C10H22N2. The number of hydrogen-bond donors (Lipinski definition) is 1. The Morgan fingerprint density at radius 1 is 1.58 bits per heavy atom. The molecule has 0 aromatic carbocycles. The average Bonchev–Trinajstić information content (AvgIpc) is 2.30. The summed E-state index contributed by atoms with van der Waals surface area (Å²) in [4.78, 5) is 2.55. The second-order valence-corrected chi connectivity index (χ2v) is 4.21. The van der Waals surface area contributed by atoms with Gasteiger partial charge in [-0.05, 0) is 32.2 Å². The highest BCUT2D eigenvalue weighted by Crippen LogP contribution is 2.25. The molecule has 0 aromatic heterocycles. The van der Waals surface area contributed by atoms with Crippen molar-refractivity contribution in [3.05, 3.63) is 0 Å². The monoisotopic (exact) mass is 170 g/mol. The third kappa shape index (κ3) is 2.20. The first-order chi connectivity index (χ1) is 5.65. The molecule has 1 saturated heterocycles. The van der Waals surface area contributed by atoms with Crippen LogP contribution in [-0.2, 0) is 0 Å². The Morgan fingerprint density at radius 3 is 2.75 bits per heavy atom. The largest absolute Gasteiger partial charge is 0.327 e. The molecule has 0 radical (unpaired) electrons. The first-order valence-corrected chi connectivity index (χ1v) is 5.14. The van der Waals surface area contributed by atoms with E-state index in [0.29, 0.717) is 6.04 Å². The fraction of sp³-hybridized carbons (Fsp3) is 1.00. The van der Waals surface area contributed by atoms with E-state index in [-0.39, 0.29) is 0 Å². The molecular weight excluding hydrogens is 148 g/mol. The molecule has 2 N–H and O–H groups in total. The van der Waals surface area contributed by atoms with Crippen molar-refractivity contribution in [2.24, 2.45) is 11.7 Å². The van der Waals surface area contributed by atoms with E-state index in [1.165, 1.54) is 19.4 Å². The molecule has 1 heterocycles. The van der Waals surface area contributed by atoms with Crippen LogP contribution in [0.15, 0.2) is 0 Å². The average molecular weight is 170 g/mol. The molecule has 1 aliphatic heterocycles. The molecule has 2 nitrogen and oxygen atoms in total. The Balaban J connectivity index is 2.43. The highest BCUT2D eigenvalue weighted by molar-refractivity contribution is 4.84. The Kier molecular flexibility index (Phi) is 3.53. The molecule has 3 atom stereocenters. The van der Waals surface area contributed by atoms with Crippen LogP contribution in [0.2, 0.25) is 0 Å². The summed E-state index contributed by atoms with van der Waals surface area (Å²) in [5.41, 5.74) is 5.79. The topological polar surface area (TPSA) is 29.3 Å². The van der Waals surface area contributed by atoms with Crippen LogP contribution in [0.25, 0.3) is 0 Å². The van der Waals surface area contributed by atoms with E-state index < -0.39 is 0 Å². The van der Waals surface area contributed by atoms with Crippen molar-refractivity contribution < 1.29 is 0 Å². The molecule has 1 rings (SSSR count). The van der Waals surface area contributed by atoms with Crippen LogP contribution >= 0.6 is 0 Å². The van der Waals surface area contributed by atoms with Gasteiger partial charge in [0.25, 0.3) is 0 Å². The lowest BCUT2D eigenvalue weighted by atomic mass is 10.0. The summed E-state index contributed by atoms with van der Waals surface area (Å²) in [7, 11) is 0. The maximum atomic E-state index is 5.79. The zero-order valence-electron chi connectivity index (χ0n) is 8.59. The Labute approximate surface area is 76.1 Å². The number of nitrogens with two attached hydrogens (primary N) is 1. The maximum Gasteiger partial charge on any atom is 0.0139 e. The van der Waals surface area contributed by atoms with Gasteiger partial charge >= 0.3 is 0 Å². The van der Waals surface area contributed by atoms with Crippen LogP contribution in [-0.4, -0.2) is 30.1 Å². The second kappa shape index (κ2) is 4.24. The van der Waals surface area contributed by atoms with Crippen LogP contribution in [0, 0.1) is 5.92 Å². The third-order valence-corrected chi connectivity index (χ3v) is 2.94. The van der Waals surface area contributed by atoms with E-state index in [4.69, 9.17) is 5.73 Å². The lowest BCUT2D eigenvalue weighted by Crippen LogP contribution is -2.39. The van der Waals surface area contributed by atoms with E-state index in [1.807, 2.05) is 0 Å². The van der Waals surface area contributed by atoms with E-state index in [1.54, 1.807) is 0 Å². The van der Waals surface area contributed by atoms with Gasteiger partial charge in [0, 0.05) is 18.6 Å². The van der Waals surface area contributed by atoms with Crippen molar-refractivity contribution in [2.45, 2.75) is 45.7 Å². The molecule has 0 saturated carbocycles. The van der Waals surface area contributed by atoms with Crippen molar-refractivity contribution in [2.75, 3.05) is 13.1 Å². The molecule has 0 aliphatic carbocycles. The first kappa shape index (κ1) is 10.0. The van der Waals surface area contributed by atoms with Gasteiger partial charge in [-0.3, -0.25) is 4.90 Å². The van der Waals surface area contributed by atoms with E-state index in [0.717, 1.165) is 18.5 Å². The second-order valence-electron chi connectivity index (χ2n) is 4.21. The normalized spacial score (nSPS) is 34.0. The number of nitrogens with zero attached hydrogens (tertiary/aromatic N) is 1. The number of rotatable bonds is 3. The van der Waals surface area contributed by atoms with Crippen molar-refractivity contribution in [3.63, 3.8) is 0 Å². The summed E-state index contributed by atoms with van der Waals surface area (Å²) in [5, 5.41) is 0. The molecule has 0 bridgehead atoms. The van der Waals surface area contributed by atoms with E-state index in [9.17, 15) is 0 Å². The predicted octanol–water partition coefficient (Wildman–Crippen LogP) is 1.45. The smallest absolute Gasteiger partial charge is 0.0139 e. The molecule has 72 valence electrons. The SMILES string of the molecule is CCC1C(C)CCN1C[C@@H](C)N. The summed E-state index contributed by atoms with van der Waals surface area (Å²) in [5.74, 6) is 0.869. The fourth-order valence-corrected chi connectivity index (χ4v) is 2.34. The molecule has 0 aromatic rings. The number of likely N-dealkylation sites (tertiary alicyclic amines) is 1. The highest BCUT2D eigenvalue weighted by Gasteiger charge is 2.29. The zero-order chi connectivity index (χ0) is 9.14. The minimum Gasteiger partial charge on any atom is -0.327 e. The van der Waals surface area contributed by atoms with Gasteiger partial charge in [-0.1, -0.05) is 13.8 Å². The zero-order valence-corrected chi connectivity index (χ0v) is 8.59. The maximum absolute atomic E-state index is 5.79. The summed E-state index contributed by atoms with van der Waals surface area (Å²) in [6.45, 7) is 9.05. The van der Waals surface area contributed by atoms with E-state index in [2.05, 4.69) is 25.7 Å². The van der Waals surface area contributed by atoms with Crippen LogP contribution < -0.4 is 5.73 Å². The van der Waals surface area contributed by atoms with Crippen molar-refractivity contribution in [1.82, 2.24) is 4.90 Å². The molecule has 12 heavy (non-hydrogen) atoms. The van der Waals surface area contributed by atoms with Crippen LogP contribution in [0.3, 0.4) is 0 Å². The molecule has 0 spiro atoms. The summed E-state index contributed by atoms with van der Waals surface area (Å²) in [6.07, 6.45) is 2.62.